The van der Waals surface area contributed by atoms with Crippen molar-refractivity contribution in [3.63, 3.8) is 0 Å². The minimum atomic E-state index is -1.09. The van der Waals surface area contributed by atoms with Crippen molar-refractivity contribution in [1.82, 2.24) is 0 Å². The van der Waals surface area contributed by atoms with Crippen LogP contribution in [-0.2, 0) is 14.3 Å². The molecule has 0 saturated heterocycles. The molecule has 0 aromatic heterocycles. The molecule has 0 aliphatic heterocycles. The van der Waals surface area contributed by atoms with Crippen molar-refractivity contribution in [1.29, 1.82) is 0 Å². The number of hydrogen-bond donors (Lipinski definition) is 1. The van der Waals surface area contributed by atoms with Crippen LogP contribution in [0.15, 0.2) is 47.7 Å². The molecule has 1 N–H and O–H groups in total. The van der Waals surface area contributed by atoms with E-state index in [1.165, 1.54) is 19.9 Å². The number of nitrogens with zero attached hydrogens (tertiary/aromatic N) is 2. The molecule has 10 heteroatoms. The molecule has 0 radical (unpaired) electrons. The molecule has 0 spiro atoms. The summed E-state index contributed by atoms with van der Waals surface area (Å²) in [5.74, 6) is -1.94. The monoisotopic (exact) mass is 328 g/mol. The highest BCUT2D eigenvalue weighted by molar-refractivity contribution is 5.86. The van der Waals surface area contributed by atoms with Gasteiger partial charge in [-0.1, -0.05) is 18.2 Å². The number of nitro groups is 2. The normalized spacial score (nSPS) is 13.0. The van der Waals surface area contributed by atoms with Crippen LogP contribution < -0.4 is 0 Å². The van der Waals surface area contributed by atoms with Crippen molar-refractivity contribution in [3.8, 4) is 0 Å². The van der Waals surface area contributed by atoms with Gasteiger partial charge >= 0.3 is 23.3 Å². The quantitative estimate of drug-likeness (QED) is 0.169. The molecule has 0 atom stereocenters. The van der Waals surface area contributed by atoms with E-state index >= 15 is 0 Å². The fourth-order valence-corrected chi connectivity index (χ4v) is 1.19. The van der Waals surface area contributed by atoms with Gasteiger partial charge in [-0.2, -0.15) is 0 Å². The summed E-state index contributed by atoms with van der Waals surface area (Å²) < 4.78 is 9.11. The first-order valence-electron chi connectivity index (χ1n) is 6.42. The highest BCUT2D eigenvalue weighted by Gasteiger charge is 2.21. The first-order valence-corrected chi connectivity index (χ1v) is 6.42. The minimum absolute atomic E-state index is 0.0126. The summed E-state index contributed by atoms with van der Waals surface area (Å²) in [6, 6.07) is 0. The smallest absolute Gasteiger partial charge is 0.409 e. The zero-order valence-corrected chi connectivity index (χ0v) is 12.5. The molecule has 0 aromatic carbocycles. The van der Waals surface area contributed by atoms with Crippen molar-refractivity contribution < 1.29 is 29.2 Å². The maximum absolute atomic E-state index is 11.3. The number of carbonyl (C=O) groups is 1. The van der Waals surface area contributed by atoms with Crippen LogP contribution in [0.3, 0.4) is 0 Å². The van der Waals surface area contributed by atoms with Gasteiger partial charge < -0.3 is 14.6 Å². The molecular formula is C13H16N2O8. The topological polar surface area (TPSA) is 142 Å². The third-order valence-corrected chi connectivity index (χ3v) is 2.11. The van der Waals surface area contributed by atoms with Crippen molar-refractivity contribution in [2.75, 3.05) is 13.2 Å². The third-order valence-electron chi connectivity index (χ3n) is 2.11. The molecular weight excluding hydrogens is 312 g/mol. The van der Waals surface area contributed by atoms with E-state index < -0.39 is 33.2 Å². The van der Waals surface area contributed by atoms with Crippen LogP contribution in [0.4, 0.5) is 0 Å². The molecule has 23 heavy (non-hydrogen) atoms. The van der Waals surface area contributed by atoms with Crippen molar-refractivity contribution in [2.45, 2.75) is 13.8 Å². The molecule has 0 amide bonds. The number of aliphatic hydroxyl groups is 1. The second-order valence-corrected chi connectivity index (χ2v) is 3.65. The number of rotatable bonds is 9. The number of hydrogen-bond acceptors (Lipinski definition) is 8. The van der Waals surface area contributed by atoms with Crippen molar-refractivity contribution in [2.24, 2.45) is 0 Å². The Bertz CT molecular complexity index is 575. The fraction of sp³-hybridized carbons (Fsp3) is 0.308. The van der Waals surface area contributed by atoms with Crippen LogP contribution >= 0.6 is 0 Å². The number of esters is 1. The Balaban J connectivity index is 5.11. The van der Waals surface area contributed by atoms with Crippen molar-refractivity contribution in [3.05, 3.63) is 67.9 Å². The molecule has 0 bridgehead atoms. The summed E-state index contributed by atoms with van der Waals surface area (Å²) >= 11 is 0. The highest BCUT2D eigenvalue weighted by atomic mass is 16.6. The molecule has 0 aliphatic carbocycles. The van der Waals surface area contributed by atoms with E-state index in [0.29, 0.717) is 0 Å². The van der Waals surface area contributed by atoms with Gasteiger partial charge in [0.25, 0.3) is 0 Å². The van der Waals surface area contributed by atoms with Gasteiger partial charge in [-0.3, -0.25) is 20.2 Å². The molecule has 126 valence electrons. The van der Waals surface area contributed by atoms with Gasteiger partial charge in [0.05, 0.1) is 23.1 Å². The first kappa shape index (κ1) is 19.8. The molecule has 0 fully saturated rings. The van der Waals surface area contributed by atoms with E-state index in [2.05, 4.69) is 9.47 Å². The number of allylic oxidation sites excluding steroid dienone is 5. The standard InChI is InChI=1S/C13H16N2O8/c1-3-22-12(16)10(14(18)19)8-6-5-7-9-11(15(20)21)13(17)23-4-2/h5-9,16H,3-4H2,1-2H3/b7-5+,8-6+,11-9+,12-10-. The van der Waals surface area contributed by atoms with Crippen LogP contribution in [0.5, 0.6) is 0 Å². The van der Waals surface area contributed by atoms with Crippen LogP contribution in [0.1, 0.15) is 13.8 Å². The lowest BCUT2D eigenvalue weighted by atomic mass is 10.3. The molecule has 0 unspecified atom stereocenters. The van der Waals surface area contributed by atoms with E-state index in [1.54, 1.807) is 0 Å². The van der Waals surface area contributed by atoms with Crippen molar-refractivity contribution >= 4 is 5.97 Å². The zero-order chi connectivity index (χ0) is 17.8. The third kappa shape index (κ3) is 7.41. The van der Waals surface area contributed by atoms with Gasteiger partial charge in [-0.15, -0.1) is 0 Å². The minimum Gasteiger partial charge on any atom is -0.476 e. The Labute approximate surface area is 131 Å². The predicted octanol–water partition coefficient (Wildman–Crippen LogP) is 1.86. The van der Waals surface area contributed by atoms with E-state index in [4.69, 9.17) is 0 Å². The van der Waals surface area contributed by atoms with E-state index in [1.807, 2.05) is 0 Å². The maximum atomic E-state index is 11.3. The predicted molar refractivity (Wildman–Crippen MR) is 78.3 cm³/mol. The zero-order valence-electron chi connectivity index (χ0n) is 12.5. The SMILES string of the molecule is CCOC(=O)\C(=C/C=C/C=C/C(=C(\O)OCC)[N+](=O)[O-])[N+](=O)[O-]. The number of aliphatic hydroxyl groups excluding tert-OH is 1. The lowest BCUT2D eigenvalue weighted by Gasteiger charge is -1.99. The summed E-state index contributed by atoms with van der Waals surface area (Å²) in [6.07, 6.45) is 5.30. The van der Waals surface area contributed by atoms with Crippen LogP contribution in [0.2, 0.25) is 0 Å². The van der Waals surface area contributed by atoms with Gasteiger partial charge in [0.2, 0.25) is 0 Å². The second-order valence-electron chi connectivity index (χ2n) is 3.65. The molecule has 0 aromatic rings. The van der Waals surface area contributed by atoms with Crippen LogP contribution in [-0.4, -0.2) is 34.1 Å². The molecule has 0 saturated carbocycles. The van der Waals surface area contributed by atoms with E-state index in [0.717, 1.165) is 24.3 Å². The summed E-state index contributed by atoms with van der Waals surface area (Å²) in [4.78, 5) is 30.9. The highest BCUT2D eigenvalue weighted by Crippen LogP contribution is 2.06. The fourth-order valence-electron chi connectivity index (χ4n) is 1.19. The lowest BCUT2D eigenvalue weighted by molar-refractivity contribution is -0.424. The molecule has 0 aliphatic rings. The average Bonchev–Trinajstić information content (AvgIpc) is 2.45. The largest absolute Gasteiger partial charge is 0.476 e. The molecule has 0 heterocycles. The van der Waals surface area contributed by atoms with Crippen LogP contribution in [0, 0.1) is 20.2 Å². The van der Waals surface area contributed by atoms with Gasteiger partial charge in [-0.25, -0.2) is 4.79 Å². The summed E-state index contributed by atoms with van der Waals surface area (Å²) in [7, 11) is 0. The first-order chi connectivity index (χ1) is 10.8. The summed E-state index contributed by atoms with van der Waals surface area (Å²) in [5, 5.41) is 30.7. The van der Waals surface area contributed by atoms with Gasteiger partial charge in [0, 0.05) is 12.2 Å². The average molecular weight is 328 g/mol. The van der Waals surface area contributed by atoms with E-state index in [9.17, 15) is 30.1 Å². The Morgan fingerprint density at radius 1 is 1.04 bits per heavy atom. The molecule has 10 nitrogen and oxygen atoms in total. The maximum Gasteiger partial charge on any atom is 0.409 e. The number of ether oxygens (including phenoxy) is 2. The van der Waals surface area contributed by atoms with Gasteiger partial charge in [-0.05, 0) is 13.8 Å². The van der Waals surface area contributed by atoms with Gasteiger partial charge in [0.1, 0.15) is 0 Å². The summed E-state index contributed by atoms with van der Waals surface area (Å²) in [6.45, 7) is 3.07. The Hall–Kier alpha value is -3.17. The number of carbonyl (C=O) groups excluding carboxylic acids is 1. The second kappa shape index (κ2) is 10.5. The lowest BCUT2D eigenvalue weighted by Crippen LogP contribution is -2.14. The summed E-state index contributed by atoms with van der Waals surface area (Å²) in [5.41, 5.74) is -1.46. The van der Waals surface area contributed by atoms with Crippen LogP contribution in [0.25, 0.3) is 0 Å². The molecule has 0 rings (SSSR count). The Kier molecular flexibility index (Phi) is 9.09. The Morgan fingerprint density at radius 3 is 2.13 bits per heavy atom. The van der Waals surface area contributed by atoms with Gasteiger partial charge in [0.15, 0.2) is 0 Å². The van der Waals surface area contributed by atoms with E-state index in [-0.39, 0.29) is 13.2 Å². The Morgan fingerprint density at radius 2 is 1.65 bits per heavy atom.